The van der Waals surface area contributed by atoms with Crippen LogP contribution in [-0.4, -0.2) is 60.6 Å². The predicted octanol–water partition coefficient (Wildman–Crippen LogP) is 4.87. The number of aromatic nitrogens is 2. The largest absolute Gasteiger partial charge is 0.465 e. The molecule has 0 aliphatic carbocycles. The Labute approximate surface area is 213 Å². The zero-order valence-electron chi connectivity index (χ0n) is 20.4. The van der Waals surface area contributed by atoms with Gasteiger partial charge in [-0.05, 0) is 58.7 Å². The summed E-state index contributed by atoms with van der Waals surface area (Å²) >= 11 is 2.97. The second kappa shape index (κ2) is 10.7. The molecule has 3 N–H and O–H groups in total. The summed E-state index contributed by atoms with van der Waals surface area (Å²) in [6, 6.07) is 3.48. The molecule has 2 aromatic heterocycles. The summed E-state index contributed by atoms with van der Waals surface area (Å²) in [5.74, 6) is -1.22. The third-order valence-electron chi connectivity index (χ3n) is 6.47. The number of anilines is 2. The maximum Gasteiger partial charge on any atom is 0.412 e. The SMILES string of the molecule is CC(C)(C)[Si](C)(C)O[C@H]1CNC[C@@H](N(C(=O)O)c2ccncc2NC(=O)c2ccc(F)c(Br)n2)C1. The maximum atomic E-state index is 13.5. The van der Waals surface area contributed by atoms with Gasteiger partial charge in [0.2, 0.25) is 0 Å². The lowest BCUT2D eigenvalue weighted by molar-refractivity contribution is 0.102. The van der Waals surface area contributed by atoms with Gasteiger partial charge in [-0.2, -0.15) is 0 Å². The van der Waals surface area contributed by atoms with E-state index in [9.17, 15) is 19.1 Å². The third kappa shape index (κ3) is 6.43. The number of nitrogens with zero attached hydrogens (tertiary/aromatic N) is 3. The highest BCUT2D eigenvalue weighted by Crippen LogP contribution is 2.38. The number of nitrogens with one attached hydrogen (secondary N) is 2. The number of amides is 2. The van der Waals surface area contributed by atoms with E-state index in [1.54, 1.807) is 0 Å². The molecule has 0 unspecified atom stereocenters. The molecule has 0 radical (unpaired) electrons. The van der Waals surface area contributed by atoms with Crippen molar-refractivity contribution < 1.29 is 23.5 Å². The lowest BCUT2D eigenvalue weighted by Gasteiger charge is -2.43. The van der Waals surface area contributed by atoms with Crippen molar-refractivity contribution in [2.24, 2.45) is 0 Å². The highest BCUT2D eigenvalue weighted by atomic mass is 79.9. The molecule has 2 atom stereocenters. The van der Waals surface area contributed by atoms with Crippen molar-refractivity contribution >= 4 is 47.6 Å². The standard InChI is InChI=1S/C23H31BrFN5O4Si/c1-23(2,3)35(4,5)34-15-10-14(11-27-12-15)30(22(32)33)19-8-9-26-13-18(19)29-21(31)17-7-6-16(25)20(24)28-17/h6-9,13-15,27H,10-12H2,1-5H3,(H,29,31)(H,32,33)/t14-,15+/m0/s1. The van der Waals surface area contributed by atoms with Crippen LogP contribution in [0.25, 0.3) is 0 Å². The van der Waals surface area contributed by atoms with E-state index in [4.69, 9.17) is 4.43 Å². The molecule has 0 spiro atoms. The van der Waals surface area contributed by atoms with Crippen LogP contribution in [0.4, 0.5) is 20.6 Å². The second-order valence-corrected chi connectivity index (χ2v) is 15.5. The average Bonchev–Trinajstić information content (AvgIpc) is 2.76. The van der Waals surface area contributed by atoms with Gasteiger partial charge in [0.1, 0.15) is 10.3 Å². The van der Waals surface area contributed by atoms with Crippen LogP contribution in [0.3, 0.4) is 0 Å². The van der Waals surface area contributed by atoms with E-state index in [0.717, 1.165) is 6.07 Å². The topological polar surface area (TPSA) is 117 Å². The monoisotopic (exact) mass is 567 g/mol. The smallest absolute Gasteiger partial charge is 0.412 e. The highest BCUT2D eigenvalue weighted by molar-refractivity contribution is 9.10. The summed E-state index contributed by atoms with van der Waals surface area (Å²) < 4.78 is 20.0. The number of piperidine rings is 1. The Morgan fingerprint density at radius 2 is 2.00 bits per heavy atom. The van der Waals surface area contributed by atoms with Gasteiger partial charge in [0, 0.05) is 19.3 Å². The minimum atomic E-state index is -2.05. The van der Waals surface area contributed by atoms with Gasteiger partial charge in [-0.3, -0.25) is 14.7 Å². The van der Waals surface area contributed by atoms with Crippen molar-refractivity contribution in [3.8, 4) is 0 Å². The molecule has 0 saturated carbocycles. The highest BCUT2D eigenvalue weighted by Gasteiger charge is 2.41. The van der Waals surface area contributed by atoms with Crippen LogP contribution in [-0.2, 0) is 4.43 Å². The molecule has 1 fully saturated rings. The number of rotatable bonds is 6. The molecule has 2 amide bonds. The second-order valence-electron chi connectivity index (χ2n) is 10.0. The van der Waals surface area contributed by atoms with Crippen molar-refractivity contribution in [1.29, 1.82) is 0 Å². The van der Waals surface area contributed by atoms with Crippen LogP contribution in [0, 0.1) is 5.82 Å². The number of carboxylic acid groups (broad SMARTS) is 1. The molecule has 2 aromatic rings. The van der Waals surface area contributed by atoms with Crippen molar-refractivity contribution in [3.63, 3.8) is 0 Å². The fraction of sp³-hybridized carbons (Fsp3) is 0.478. The number of halogens is 2. The van der Waals surface area contributed by atoms with Crippen LogP contribution in [0.2, 0.25) is 18.1 Å². The third-order valence-corrected chi connectivity index (χ3v) is 11.6. The Morgan fingerprint density at radius 3 is 2.63 bits per heavy atom. The summed E-state index contributed by atoms with van der Waals surface area (Å²) in [7, 11) is -2.05. The van der Waals surface area contributed by atoms with Gasteiger partial charge < -0.3 is 20.2 Å². The summed E-state index contributed by atoms with van der Waals surface area (Å²) in [6.07, 6.45) is 2.05. The maximum absolute atomic E-state index is 13.5. The van der Waals surface area contributed by atoms with Crippen molar-refractivity contribution in [1.82, 2.24) is 15.3 Å². The molecule has 3 rings (SSSR count). The lowest BCUT2D eigenvalue weighted by atomic mass is 10.0. The van der Waals surface area contributed by atoms with E-state index in [0.29, 0.717) is 19.5 Å². The molecule has 3 heterocycles. The summed E-state index contributed by atoms with van der Waals surface area (Å²) in [5, 5.41) is 16.1. The normalized spacial score (nSPS) is 18.7. The molecule has 0 bridgehead atoms. The van der Waals surface area contributed by atoms with Crippen molar-refractivity contribution in [2.75, 3.05) is 23.3 Å². The molecular formula is C23H31BrFN5O4Si. The van der Waals surface area contributed by atoms with E-state index in [2.05, 4.69) is 70.4 Å². The first kappa shape index (κ1) is 27.2. The quantitative estimate of drug-likeness (QED) is 0.337. The minimum Gasteiger partial charge on any atom is -0.465 e. The number of pyridine rings is 2. The summed E-state index contributed by atoms with van der Waals surface area (Å²) in [5.41, 5.74) is 0.452. The Kier molecular flexibility index (Phi) is 8.30. The fourth-order valence-electron chi connectivity index (χ4n) is 3.64. The minimum absolute atomic E-state index is 0.0262. The Balaban J connectivity index is 1.85. The van der Waals surface area contributed by atoms with Crippen LogP contribution >= 0.6 is 15.9 Å². The summed E-state index contributed by atoms with van der Waals surface area (Å²) in [6.45, 7) is 11.9. The zero-order chi connectivity index (χ0) is 26.0. The number of carbonyl (C=O) groups excluding carboxylic acids is 1. The molecule has 1 aliphatic heterocycles. The van der Waals surface area contributed by atoms with Crippen LogP contribution in [0.1, 0.15) is 37.7 Å². The summed E-state index contributed by atoms with van der Waals surface area (Å²) in [4.78, 5) is 34.3. The average molecular weight is 569 g/mol. The molecule has 35 heavy (non-hydrogen) atoms. The van der Waals surface area contributed by atoms with Gasteiger partial charge in [-0.15, -0.1) is 0 Å². The molecule has 12 heteroatoms. The van der Waals surface area contributed by atoms with E-state index < -0.39 is 32.2 Å². The lowest BCUT2D eigenvalue weighted by Crippen LogP contribution is -2.56. The molecule has 9 nitrogen and oxygen atoms in total. The van der Waals surface area contributed by atoms with Gasteiger partial charge >= 0.3 is 6.09 Å². The van der Waals surface area contributed by atoms with Crippen molar-refractivity contribution in [2.45, 2.75) is 57.5 Å². The predicted molar refractivity (Wildman–Crippen MR) is 138 cm³/mol. The van der Waals surface area contributed by atoms with Gasteiger partial charge in [-0.1, -0.05) is 20.8 Å². The number of hydrogen-bond donors (Lipinski definition) is 3. The molecular weight excluding hydrogens is 537 g/mol. The first-order chi connectivity index (χ1) is 16.3. The zero-order valence-corrected chi connectivity index (χ0v) is 23.0. The number of carbonyl (C=O) groups is 2. The van der Waals surface area contributed by atoms with E-state index in [1.165, 1.54) is 29.4 Å². The van der Waals surface area contributed by atoms with E-state index >= 15 is 0 Å². The van der Waals surface area contributed by atoms with Crippen molar-refractivity contribution in [3.05, 3.63) is 46.7 Å². The first-order valence-corrected chi connectivity index (χ1v) is 15.0. The van der Waals surface area contributed by atoms with Gasteiger partial charge in [0.25, 0.3) is 5.91 Å². The fourth-order valence-corrected chi connectivity index (χ4v) is 5.33. The van der Waals surface area contributed by atoms with Crippen LogP contribution in [0.15, 0.2) is 35.2 Å². The molecule has 0 aromatic carbocycles. The van der Waals surface area contributed by atoms with Crippen LogP contribution < -0.4 is 15.5 Å². The molecule has 1 saturated heterocycles. The Morgan fingerprint density at radius 1 is 1.29 bits per heavy atom. The van der Waals surface area contributed by atoms with Gasteiger partial charge in [-0.25, -0.2) is 14.2 Å². The van der Waals surface area contributed by atoms with E-state index in [-0.39, 0.29) is 32.8 Å². The Hall–Kier alpha value is -2.41. The van der Waals surface area contributed by atoms with Gasteiger partial charge in [0.05, 0.1) is 29.7 Å². The molecule has 1 aliphatic rings. The first-order valence-electron chi connectivity index (χ1n) is 11.3. The molecule has 190 valence electrons. The van der Waals surface area contributed by atoms with Crippen LogP contribution in [0.5, 0.6) is 0 Å². The number of hydrogen-bond acceptors (Lipinski definition) is 6. The van der Waals surface area contributed by atoms with E-state index in [1.807, 2.05) is 0 Å². The Bertz CT molecular complexity index is 1100. The van der Waals surface area contributed by atoms with Gasteiger partial charge in [0.15, 0.2) is 14.1 Å².